The molecule has 0 radical (unpaired) electrons. The first-order chi connectivity index (χ1) is 8.13. The van der Waals surface area contributed by atoms with Crippen LogP contribution in [0.3, 0.4) is 0 Å². The van der Waals surface area contributed by atoms with E-state index in [-0.39, 0.29) is 11.9 Å². The Bertz CT molecular complexity index is 328. The Morgan fingerprint density at radius 3 is 2.71 bits per heavy atom. The first kappa shape index (κ1) is 14.1. The maximum Gasteiger partial charge on any atom is 0.141 e. The third-order valence-electron chi connectivity index (χ3n) is 3.00. The summed E-state index contributed by atoms with van der Waals surface area (Å²) in [7, 11) is 0. The van der Waals surface area contributed by atoms with Crippen molar-refractivity contribution in [3.63, 3.8) is 0 Å². The average Bonchev–Trinajstić information content (AvgIpc) is 2.29. The first-order valence-corrected chi connectivity index (χ1v) is 6.50. The number of nitrogens with zero attached hydrogens (tertiary/aromatic N) is 1. The number of hydrogen-bond donors (Lipinski definition) is 1. The molecule has 2 atom stereocenters. The van der Waals surface area contributed by atoms with Gasteiger partial charge in [-0.05, 0) is 31.9 Å². The largest absolute Gasteiger partial charge is 0.308 e. The van der Waals surface area contributed by atoms with Gasteiger partial charge in [-0.25, -0.2) is 4.39 Å². The Balaban J connectivity index is 2.40. The third kappa shape index (κ3) is 5.26. The van der Waals surface area contributed by atoms with Gasteiger partial charge in [0.15, 0.2) is 0 Å². The zero-order valence-corrected chi connectivity index (χ0v) is 11.0. The molecular weight excluding hydrogens is 215 g/mol. The fourth-order valence-electron chi connectivity index (χ4n) is 1.97. The minimum absolute atomic E-state index is 0.148. The summed E-state index contributed by atoms with van der Waals surface area (Å²) in [4.78, 5) is 3.87. The van der Waals surface area contributed by atoms with Crippen LogP contribution in [-0.4, -0.2) is 11.0 Å². The van der Waals surface area contributed by atoms with Gasteiger partial charge < -0.3 is 5.32 Å². The van der Waals surface area contributed by atoms with E-state index < -0.39 is 0 Å². The Kier molecular flexibility index (Phi) is 6.12. The van der Waals surface area contributed by atoms with Crippen molar-refractivity contribution < 1.29 is 4.39 Å². The SMILES string of the molecule is CCCCCC(C)NC(C)c1cncc(F)c1. The number of pyridine rings is 1. The summed E-state index contributed by atoms with van der Waals surface area (Å²) in [6.07, 6.45) is 7.90. The predicted octanol–water partition coefficient (Wildman–Crippen LogP) is 3.84. The minimum Gasteiger partial charge on any atom is -0.308 e. The molecule has 0 saturated heterocycles. The monoisotopic (exact) mass is 238 g/mol. The molecule has 0 amide bonds. The van der Waals surface area contributed by atoms with Gasteiger partial charge in [0.2, 0.25) is 0 Å². The van der Waals surface area contributed by atoms with Crippen LogP contribution >= 0.6 is 0 Å². The van der Waals surface area contributed by atoms with Gasteiger partial charge in [-0.15, -0.1) is 0 Å². The molecule has 1 aromatic rings. The average molecular weight is 238 g/mol. The van der Waals surface area contributed by atoms with Crippen LogP contribution in [0.15, 0.2) is 18.5 Å². The Morgan fingerprint density at radius 2 is 2.06 bits per heavy atom. The maximum atomic E-state index is 13.0. The van der Waals surface area contributed by atoms with Crippen LogP contribution in [0.5, 0.6) is 0 Å². The molecule has 0 fully saturated rings. The van der Waals surface area contributed by atoms with Crippen molar-refractivity contribution in [2.75, 3.05) is 0 Å². The van der Waals surface area contributed by atoms with Crippen molar-refractivity contribution in [2.24, 2.45) is 0 Å². The Labute approximate surface area is 104 Å². The van der Waals surface area contributed by atoms with Gasteiger partial charge in [0.05, 0.1) is 6.20 Å². The summed E-state index contributed by atoms with van der Waals surface area (Å²) in [6, 6.07) is 2.15. The zero-order valence-electron chi connectivity index (χ0n) is 11.0. The molecule has 1 N–H and O–H groups in total. The number of unbranched alkanes of at least 4 members (excludes halogenated alkanes) is 2. The topological polar surface area (TPSA) is 24.9 Å². The summed E-state index contributed by atoms with van der Waals surface area (Å²) in [5.41, 5.74) is 0.910. The maximum absolute atomic E-state index is 13.0. The molecule has 0 aliphatic carbocycles. The summed E-state index contributed by atoms with van der Waals surface area (Å²) >= 11 is 0. The summed E-state index contributed by atoms with van der Waals surface area (Å²) < 4.78 is 13.0. The molecule has 0 aliphatic rings. The fourth-order valence-corrected chi connectivity index (χ4v) is 1.97. The smallest absolute Gasteiger partial charge is 0.141 e. The molecule has 3 heteroatoms. The third-order valence-corrected chi connectivity index (χ3v) is 3.00. The molecule has 1 aromatic heterocycles. The van der Waals surface area contributed by atoms with E-state index >= 15 is 0 Å². The lowest BCUT2D eigenvalue weighted by molar-refractivity contribution is 0.438. The lowest BCUT2D eigenvalue weighted by atomic mass is 10.1. The van der Waals surface area contributed by atoms with E-state index in [0.717, 1.165) is 5.56 Å². The first-order valence-electron chi connectivity index (χ1n) is 6.50. The van der Waals surface area contributed by atoms with Gasteiger partial charge in [0, 0.05) is 18.3 Å². The molecule has 96 valence electrons. The van der Waals surface area contributed by atoms with Crippen molar-refractivity contribution in [2.45, 2.75) is 58.5 Å². The predicted molar refractivity (Wildman–Crippen MR) is 69.3 cm³/mol. The van der Waals surface area contributed by atoms with E-state index in [9.17, 15) is 4.39 Å². The number of hydrogen-bond acceptors (Lipinski definition) is 2. The molecular formula is C14H23FN2. The van der Waals surface area contributed by atoms with Crippen LogP contribution in [0.25, 0.3) is 0 Å². The van der Waals surface area contributed by atoms with E-state index in [1.165, 1.54) is 31.9 Å². The second-order valence-electron chi connectivity index (χ2n) is 4.72. The quantitative estimate of drug-likeness (QED) is 0.730. The number of nitrogens with one attached hydrogen (secondary N) is 1. The number of rotatable bonds is 7. The minimum atomic E-state index is -0.269. The van der Waals surface area contributed by atoms with Crippen molar-refractivity contribution in [1.82, 2.24) is 10.3 Å². The van der Waals surface area contributed by atoms with E-state index in [1.807, 2.05) is 6.92 Å². The van der Waals surface area contributed by atoms with Crippen molar-refractivity contribution in [1.29, 1.82) is 0 Å². The van der Waals surface area contributed by atoms with Crippen LogP contribution in [0, 0.1) is 5.82 Å². The van der Waals surface area contributed by atoms with Crippen LogP contribution < -0.4 is 5.32 Å². The highest BCUT2D eigenvalue weighted by molar-refractivity contribution is 5.14. The highest BCUT2D eigenvalue weighted by Crippen LogP contribution is 2.14. The van der Waals surface area contributed by atoms with E-state index in [4.69, 9.17) is 0 Å². The van der Waals surface area contributed by atoms with Crippen LogP contribution in [-0.2, 0) is 0 Å². The van der Waals surface area contributed by atoms with Crippen LogP contribution in [0.1, 0.15) is 58.1 Å². The molecule has 2 nitrogen and oxygen atoms in total. The van der Waals surface area contributed by atoms with E-state index in [2.05, 4.69) is 24.1 Å². The summed E-state index contributed by atoms with van der Waals surface area (Å²) in [6.45, 7) is 6.44. The highest BCUT2D eigenvalue weighted by atomic mass is 19.1. The molecule has 0 aliphatic heterocycles. The van der Waals surface area contributed by atoms with Crippen molar-refractivity contribution in [3.8, 4) is 0 Å². The number of halogens is 1. The van der Waals surface area contributed by atoms with Gasteiger partial charge in [-0.3, -0.25) is 4.98 Å². The van der Waals surface area contributed by atoms with E-state index in [1.54, 1.807) is 12.3 Å². The molecule has 2 unspecified atom stereocenters. The van der Waals surface area contributed by atoms with Gasteiger partial charge in [-0.1, -0.05) is 26.2 Å². The normalized spacial score (nSPS) is 14.6. The Hall–Kier alpha value is -0.960. The second-order valence-corrected chi connectivity index (χ2v) is 4.72. The standard InChI is InChI=1S/C14H23FN2/c1-4-5-6-7-11(2)17-12(3)13-8-14(15)10-16-9-13/h8-12,17H,4-7H2,1-3H3. The van der Waals surface area contributed by atoms with Gasteiger partial charge in [-0.2, -0.15) is 0 Å². The molecule has 1 rings (SSSR count). The van der Waals surface area contributed by atoms with E-state index in [0.29, 0.717) is 6.04 Å². The Morgan fingerprint density at radius 1 is 1.29 bits per heavy atom. The van der Waals surface area contributed by atoms with Gasteiger partial charge in [0.25, 0.3) is 0 Å². The molecule has 0 aromatic carbocycles. The molecule has 1 heterocycles. The van der Waals surface area contributed by atoms with Crippen molar-refractivity contribution >= 4 is 0 Å². The zero-order chi connectivity index (χ0) is 12.7. The fraction of sp³-hybridized carbons (Fsp3) is 0.643. The van der Waals surface area contributed by atoms with Crippen LogP contribution in [0.4, 0.5) is 4.39 Å². The van der Waals surface area contributed by atoms with Gasteiger partial charge in [0.1, 0.15) is 5.82 Å². The van der Waals surface area contributed by atoms with Crippen molar-refractivity contribution in [3.05, 3.63) is 29.8 Å². The highest BCUT2D eigenvalue weighted by Gasteiger charge is 2.10. The lowest BCUT2D eigenvalue weighted by Crippen LogP contribution is -2.29. The lowest BCUT2D eigenvalue weighted by Gasteiger charge is -2.20. The second kappa shape index (κ2) is 7.38. The number of aromatic nitrogens is 1. The van der Waals surface area contributed by atoms with Gasteiger partial charge >= 0.3 is 0 Å². The summed E-state index contributed by atoms with van der Waals surface area (Å²) in [5, 5.41) is 3.48. The molecule has 0 saturated carbocycles. The summed E-state index contributed by atoms with van der Waals surface area (Å²) in [5.74, 6) is -0.269. The van der Waals surface area contributed by atoms with Crippen LogP contribution in [0.2, 0.25) is 0 Å². The molecule has 17 heavy (non-hydrogen) atoms. The molecule has 0 spiro atoms. The molecule has 0 bridgehead atoms.